The number of benzene rings is 3. The van der Waals surface area contributed by atoms with Gasteiger partial charge in [0.2, 0.25) is 0 Å². The lowest BCUT2D eigenvalue weighted by molar-refractivity contribution is -0.384. The summed E-state index contributed by atoms with van der Waals surface area (Å²) in [6, 6.07) is 25.8. The summed E-state index contributed by atoms with van der Waals surface area (Å²) in [5.41, 5.74) is 3.72. The lowest BCUT2D eigenvalue weighted by Gasteiger charge is -2.23. The van der Waals surface area contributed by atoms with E-state index >= 15 is 0 Å². The van der Waals surface area contributed by atoms with Crippen LogP contribution >= 0.6 is 0 Å². The second-order valence-corrected chi connectivity index (χ2v) is 7.17. The molecule has 3 aromatic carbocycles. The van der Waals surface area contributed by atoms with Crippen LogP contribution in [-0.2, 0) is 6.42 Å². The summed E-state index contributed by atoms with van der Waals surface area (Å²) in [6.45, 7) is 3.04. The highest BCUT2D eigenvalue weighted by molar-refractivity contribution is 5.94. The highest BCUT2D eigenvalue weighted by atomic mass is 16.6. The summed E-state index contributed by atoms with van der Waals surface area (Å²) in [7, 11) is 0. The number of hydrogen-bond acceptors (Lipinski definition) is 3. The zero-order chi connectivity index (χ0) is 21.3. The number of rotatable bonds is 8. The van der Waals surface area contributed by atoms with Gasteiger partial charge in [0, 0.05) is 30.8 Å². The molecule has 0 aliphatic carbocycles. The van der Waals surface area contributed by atoms with Crippen LogP contribution in [0.25, 0.3) is 6.08 Å². The minimum absolute atomic E-state index is 0.0254. The first-order chi connectivity index (χ1) is 14.5. The number of amides is 1. The number of carbonyl (C=O) groups is 1. The van der Waals surface area contributed by atoms with Gasteiger partial charge in [-0.3, -0.25) is 14.9 Å². The van der Waals surface area contributed by atoms with E-state index in [-0.39, 0.29) is 11.6 Å². The number of hydrogen-bond donors (Lipinski definition) is 0. The maximum absolute atomic E-state index is 13.2. The van der Waals surface area contributed by atoms with E-state index in [1.54, 1.807) is 4.90 Å². The molecule has 0 spiro atoms. The van der Waals surface area contributed by atoms with Gasteiger partial charge in [-0.05, 0) is 36.6 Å². The van der Waals surface area contributed by atoms with Gasteiger partial charge in [0.25, 0.3) is 11.6 Å². The Hall–Kier alpha value is -3.73. The molecule has 0 saturated heterocycles. The molecule has 0 unspecified atom stereocenters. The van der Waals surface area contributed by atoms with Crippen molar-refractivity contribution < 1.29 is 9.72 Å². The van der Waals surface area contributed by atoms with Gasteiger partial charge in [0.15, 0.2) is 0 Å². The van der Waals surface area contributed by atoms with Gasteiger partial charge in [-0.15, -0.1) is 0 Å². The van der Waals surface area contributed by atoms with Gasteiger partial charge in [-0.1, -0.05) is 72.3 Å². The van der Waals surface area contributed by atoms with Crippen molar-refractivity contribution in [3.8, 4) is 0 Å². The standard InChI is InChI=1S/C25H24N2O3/c1-20(18-22-10-6-3-7-11-22)19-26(17-16-21-8-4-2-5-9-21)25(28)23-12-14-24(15-13-23)27(29)30/h2-15,18H,16-17,19H2,1H3/b20-18+. The topological polar surface area (TPSA) is 63.5 Å². The van der Waals surface area contributed by atoms with E-state index in [1.165, 1.54) is 24.3 Å². The fourth-order valence-corrected chi connectivity index (χ4v) is 3.25. The lowest BCUT2D eigenvalue weighted by Crippen LogP contribution is -2.34. The molecule has 30 heavy (non-hydrogen) atoms. The molecule has 5 heteroatoms. The Labute approximate surface area is 176 Å². The molecule has 0 atom stereocenters. The van der Waals surface area contributed by atoms with Gasteiger partial charge in [-0.25, -0.2) is 0 Å². The van der Waals surface area contributed by atoms with Crippen molar-refractivity contribution in [3.05, 3.63) is 117 Å². The molecule has 1 amide bonds. The predicted molar refractivity (Wildman–Crippen MR) is 119 cm³/mol. The highest BCUT2D eigenvalue weighted by Crippen LogP contribution is 2.16. The summed E-state index contributed by atoms with van der Waals surface area (Å²) < 4.78 is 0. The monoisotopic (exact) mass is 400 g/mol. The van der Waals surface area contributed by atoms with Crippen molar-refractivity contribution in [2.24, 2.45) is 0 Å². The Bertz CT molecular complexity index is 1010. The molecule has 152 valence electrons. The van der Waals surface area contributed by atoms with Crippen molar-refractivity contribution in [1.29, 1.82) is 0 Å². The summed E-state index contributed by atoms with van der Waals surface area (Å²) in [5.74, 6) is -0.137. The summed E-state index contributed by atoms with van der Waals surface area (Å²) in [6.07, 6.45) is 2.80. The molecule has 3 rings (SSSR count). The molecule has 0 aliphatic heterocycles. The van der Waals surface area contributed by atoms with Gasteiger partial charge in [0.05, 0.1) is 4.92 Å². The van der Waals surface area contributed by atoms with Gasteiger partial charge in [0.1, 0.15) is 0 Å². The van der Waals surface area contributed by atoms with E-state index in [2.05, 4.69) is 6.08 Å². The Balaban J connectivity index is 1.79. The number of non-ortho nitro benzene ring substituents is 1. The SMILES string of the molecule is C/C(=C\c1ccccc1)CN(CCc1ccccc1)C(=O)c1ccc([N+](=O)[O-])cc1. The molecule has 0 N–H and O–H groups in total. The van der Waals surface area contributed by atoms with E-state index < -0.39 is 4.92 Å². The molecule has 0 aromatic heterocycles. The van der Waals surface area contributed by atoms with E-state index in [9.17, 15) is 14.9 Å². The van der Waals surface area contributed by atoms with Crippen LogP contribution in [0.15, 0.2) is 90.5 Å². The lowest BCUT2D eigenvalue weighted by atomic mass is 10.1. The zero-order valence-corrected chi connectivity index (χ0v) is 16.9. The van der Waals surface area contributed by atoms with Crippen LogP contribution in [0.1, 0.15) is 28.4 Å². The molecule has 3 aromatic rings. The zero-order valence-electron chi connectivity index (χ0n) is 16.9. The number of nitro benzene ring substituents is 1. The molecular weight excluding hydrogens is 376 g/mol. The average Bonchev–Trinajstić information content (AvgIpc) is 2.77. The molecule has 0 fully saturated rings. The molecule has 0 heterocycles. The first-order valence-corrected chi connectivity index (χ1v) is 9.83. The van der Waals surface area contributed by atoms with Crippen LogP contribution in [0.4, 0.5) is 5.69 Å². The van der Waals surface area contributed by atoms with Gasteiger partial charge < -0.3 is 4.90 Å². The van der Waals surface area contributed by atoms with Gasteiger partial charge in [-0.2, -0.15) is 0 Å². The van der Waals surface area contributed by atoms with Crippen LogP contribution < -0.4 is 0 Å². The molecule has 0 bridgehead atoms. The minimum atomic E-state index is -0.464. The smallest absolute Gasteiger partial charge is 0.269 e. The van der Waals surface area contributed by atoms with Crippen molar-refractivity contribution in [3.63, 3.8) is 0 Å². The van der Waals surface area contributed by atoms with Crippen LogP contribution in [0.2, 0.25) is 0 Å². The highest BCUT2D eigenvalue weighted by Gasteiger charge is 2.17. The number of nitrogens with zero attached hydrogens (tertiary/aromatic N) is 2. The van der Waals surface area contributed by atoms with Crippen LogP contribution in [0, 0.1) is 10.1 Å². The van der Waals surface area contributed by atoms with E-state index in [4.69, 9.17) is 0 Å². The summed E-state index contributed by atoms with van der Waals surface area (Å²) >= 11 is 0. The fraction of sp³-hybridized carbons (Fsp3) is 0.160. The van der Waals surface area contributed by atoms with Crippen molar-refractivity contribution >= 4 is 17.7 Å². The third kappa shape index (κ3) is 5.88. The normalized spacial score (nSPS) is 11.2. The van der Waals surface area contributed by atoms with Crippen molar-refractivity contribution in [2.75, 3.05) is 13.1 Å². The second kappa shape index (κ2) is 10.2. The quantitative estimate of drug-likeness (QED) is 0.376. The van der Waals surface area contributed by atoms with E-state index in [1.807, 2.05) is 67.6 Å². The maximum atomic E-state index is 13.2. The summed E-state index contributed by atoms with van der Waals surface area (Å²) in [5, 5.41) is 10.9. The van der Waals surface area contributed by atoms with Crippen LogP contribution in [-0.4, -0.2) is 28.8 Å². The largest absolute Gasteiger partial charge is 0.334 e. The van der Waals surface area contributed by atoms with E-state index in [0.29, 0.717) is 18.7 Å². The minimum Gasteiger partial charge on any atom is -0.334 e. The Morgan fingerprint density at radius 1 is 0.933 bits per heavy atom. The number of carbonyl (C=O) groups excluding carboxylic acids is 1. The van der Waals surface area contributed by atoms with Crippen molar-refractivity contribution in [2.45, 2.75) is 13.3 Å². The van der Waals surface area contributed by atoms with Crippen molar-refractivity contribution in [1.82, 2.24) is 4.90 Å². The third-order valence-electron chi connectivity index (χ3n) is 4.78. The molecule has 0 radical (unpaired) electrons. The molecule has 5 nitrogen and oxygen atoms in total. The third-order valence-corrected chi connectivity index (χ3v) is 4.78. The molecule has 0 aliphatic rings. The fourth-order valence-electron chi connectivity index (χ4n) is 3.25. The summed E-state index contributed by atoms with van der Waals surface area (Å²) in [4.78, 5) is 25.4. The first kappa shape index (κ1) is 21.0. The molecule has 0 saturated carbocycles. The Kier molecular flexibility index (Phi) is 7.11. The van der Waals surface area contributed by atoms with Crippen LogP contribution in [0.5, 0.6) is 0 Å². The Morgan fingerprint density at radius 3 is 2.13 bits per heavy atom. The Morgan fingerprint density at radius 2 is 1.53 bits per heavy atom. The number of nitro groups is 1. The predicted octanol–water partition coefficient (Wildman–Crippen LogP) is 5.38. The van der Waals surface area contributed by atoms with Crippen LogP contribution in [0.3, 0.4) is 0 Å². The maximum Gasteiger partial charge on any atom is 0.269 e. The second-order valence-electron chi connectivity index (χ2n) is 7.17. The average molecular weight is 400 g/mol. The van der Waals surface area contributed by atoms with E-state index in [0.717, 1.165) is 23.1 Å². The first-order valence-electron chi connectivity index (χ1n) is 9.83. The van der Waals surface area contributed by atoms with Gasteiger partial charge >= 0.3 is 0 Å². The molecular formula is C25H24N2O3.